The first kappa shape index (κ1) is 33.0. The van der Waals surface area contributed by atoms with Gasteiger partial charge in [0.15, 0.2) is 0 Å². The molecule has 0 saturated heterocycles. The van der Waals surface area contributed by atoms with Crippen molar-refractivity contribution in [1.29, 1.82) is 0 Å². The van der Waals surface area contributed by atoms with Crippen LogP contribution in [0.15, 0.2) is 30.3 Å². The van der Waals surface area contributed by atoms with E-state index in [1.54, 1.807) is 6.92 Å². The number of nitrogens with one attached hydrogen (secondary N) is 3. The van der Waals surface area contributed by atoms with Crippen molar-refractivity contribution in [3.05, 3.63) is 35.9 Å². The lowest BCUT2D eigenvalue weighted by Gasteiger charge is -2.27. The number of nitrogens with two attached hydrogens (primary N) is 3. The van der Waals surface area contributed by atoms with E-state index >= 15 is 0 Å². The Balaban J connectivity index is 3.09. The van der Waals surface area contributed by atoms with Gasteiger partial charge in [-0.05, 0) is 56.7 Å². The molecule has 1 rings (SSSR count). The number of rotatable bonds is 19. The van der Waals surface area contributed by atoms with Gasteiger partial charge < -0.3 is 38.3 Å². The zero-order valence-electron chi connectivity index (χ0n) is 22.7. The highest BCUT2D eigenvalue weighted by Gasteiger charge is 2.32. The number of carboxylic acids is 1. The van der Waals surface area contributed by atoms with Crippen LogP contribution in [0.25, 0.3) is 0 Å². The lowest BCUT2D eigenvalue weighted by atomic mass is 9.98. The second-order valence-electron chi connectivity index (χ2n) is 9.70. The average molecular weight is 535 g/mol. The molecule has 0 aliphatic rings. The van der Waals surface area contributed by atoms with Crippen molar-refractivity contribution in [2.24, 2.45) is 23.1 Å². The van der Waals surface area contributed by atoms with E-state index in [-0.39, 0.29) is 12.3 Å². The molecule has 0 saturated carbocycles. The maximum absolute atomic E-state index is 13.4. The summed E-state index contributed by atoms with van der Waals surface area (Å²) in [6, 6.07) is 5.22. The van der Waals surface area contributed by atoms with Crippen molar-refractivity contribution < 1.29 is 24.3 Å². The van der Waals surface area contributed by atoms with Crippen LogP contribution in [0.2, 0.25) is 0 Å². The van der Waals surface area contributed by atoms with Gasteiger partial charge in [-0.3, -0.25) is 14.4 Å². The SMILES string of the molecule is CCC(C)C(NC(=O)C(Cc1ccccc1)NC(=O)C(CCCCN)NC(=O)C(N)CCCCN)C(=O)O. The number of carbonyl (C=O) groups is 4. The molecule has 5 unspecified atom stereocenters. The monoisotopic (exact) mass is 534 g/mol. The zero-order valence-corrected chi connectivity index (χ0v) is 22.7. The molecular formula is C27H46N6O5. The highest BCUT2D eigenvalue weighted by atomic mass is 16.4. The molecule has 11 heteroatoms. The molecule has 5 atom stereocenters. The normalized spacial score (nSPS) is 15.0. The number of benzene rings is 1. The third kappa shape index (κ3) is 12.0. The van der Waals surface area contributed by atoms with Crippen LogP contribution in [0.3, 0.4) is 0 Å². The van der Waals surface area contributed by atoms with Gasteiger partial charge in [0.25, 0.3) is 0 Å². The molecule has 38 heavy (non-hydrogen) atoms. The van der Waals surface area contributed by atoms with E-state index in [2.05, 4.69) is 16.0 Å². The molecule has 0 fully saturated rings. The maximum Gasteiger partial charge on any atom is 0.326 e. The second-order valence-corrected chi connectivity index (χ2v) is 9.70. The summed E-state index contributed by atoms with van der Waals surface area (Å²) < 4.78 is 0. The fourth-order valence-corrected chi connectivity index (χ4v) is 3.95. The molecule has 3 amide bonds. The van der Waals surface area contributed by atoms with Crippen LogP contribution in [0.5, 0.6) is 0 Å². The quantitative estimate of drug-likeness (QED) is 0.123. The number of hydrogen-bond acceptors (Lipinski definition) is 7. The molecule has 0 aliphatic heterocycles. The first-order valence-electron chi connectivity index (χ1n) is 13.5. The van der Waals surface area contributed by atoms with Gasteiger partial charge in [-0.2, -0.15) is 0 Å². The summed E-state index contributed by atoms with van der Waals surface area (Å²) in [6.45, 7) is 4.52. The van der Waals surface area contributed by atoms with Crippen LogP contribution in [0, 0.1) is 5.92 Å². The summed E-state index contributed by atoms with van der Waals surface area (Å²) in [4.78, 5) is 51.1. The molecule has 0 radical (unpaired) electrons. The van der Waals surface area contributed by atoms with Crippen LogP contribution < -0.4 is 33.2 Å². The number of aliphatic carboxylic acids is 1. The minimum absolute atomic E-state index is 0.146. The Hall–Kier alpha value is -3.02. The van der Waals surface area contributed by atoms with E-state index in [0.717, 1.165) is 12.0 Å². The molecule has 10 N–H and O–H groups in total. The van der Waals surface area contributed by atoms with E-state index in [1.807, 2.05) is 37.3 Å². The van der Waals surface area contributed by atoms with Crippen LogP contribution in [0.1, 0.15) is 64.4 Å². The molecular weight excluding hydrogens is 488 g/mol. The predicted molar refractivity (Wildman–Crippen MR) is 147 cm³/mol. The summed E-state index contributed by atoms with van der Waals surface area (Å²) in [7, 11) is 0. The number of carboxylic acid groups (broad SMARTS) is 1. The first-order chi connectivity index (χ1) is 18.1. The fraction of sp³-hybridized carbons (Fsp3) is 0.630. The van der Waals surface area contributed by atoms with E-state index in [9.17, 15) is 24.3 Å². The molecule has 0 aromatic heterocycles. The Morgan fingerprint density at radius 1 is 0.816 bits per heavy atom. The number of unbranched alkanes of at least 4 members (excludes halogenated alkanes) is 2. The van der Waals surface area contributed by atoms with Crippen LogP contribution >= 0.6 is 0 Å². The predicted octanol–water partition coefficient (Wildman–Crippen LogP) is 0.400. The molecule has 0 heterocycles. The summed E-state index contributed by atoms with van der Waals surface area (Å²) in [5.41, 5.74) is 17.9. The molecule has 1 aromatic rings. The van der Waals surface area contributed by atoms with Crippen molar-refractivity contribution in [2.45, 2.75) is 89.4 Å². The van der Waals surface area contributed by atoms with Crippen molar-refractivity contribution >= 4 is 23.7 Å². The zero-order chi connectivity index (χ0) is 28.5. The summed E-state index contributed by atoms with van der Waals surface area (Å²) in [5.74, 6) is -3.07. The average Bonchev–Trinajstić information content (AvgIpc) is 2.90. The van der Waals surface area contributed by atoms with E-state index in [1.165, 1.54) is 0 Å². The Bertz CT molecular complexity index is 869. The Labute approximate surface area is 225 Å². The summed E-state index contributed by atoms with van der Waals surface area (Å²) >= 11 is 0. The first-order valence-corrected chi connectivity index (χ1v) is 13.5. The van der Waals surface area contributed by atoms with Crippen LogP contribution in [0.4, 0.5) is 0 Å². The highest BCUT2D eigenvalue weighted by Crippen LogP contribution is 2.11. The second kappa shape index (κ2) is 18.3. The number of carbonyl (C=O) groups excluding carboxylic acids is 3. The number of hydrogen-bond donors (Lipinski definition) is 7. The van der Waals surface area contributed by atoms with Crippen LogP contribution in [-0.2, 0) is 25.6 Å². The lowest BCUT2D eigenvalue weighted by Crippen LogP contribution is -2.58. The van der Waals surface area contributed by atoms with Crippen LogP contribution in [-0.4, -0.2) is 66.1 Å². The van der Waals surface area contributed by atoms with E-state index in [4.69, 9.17) is 17.2 Å². The Morgan fingerprint density at radius 3 is 1.92 bits per heavy atom. The van der Waals surface area contributed by atoms with Gasteiger partial charge >= 0.3 is 5.97 Å². The minimum atomic E-state index is -1.15. The van der Waals surface area contributed by atoms with Gasteiger partial charge in [0.2, 0.25) is 17.7 Å². The van der Waals surface area contributed by atoms with Gasteiger partial charge in [0.1, 0.15) is 18.1 Å². The minimum Gasteiger partial charge on any atom is -0.480 e. The van der Waals surface area contributed by atoms with Crippen molar-refractivity contribution in [3.8, 4) is 0 Å². The van der Waals surface area contributed by atoms with Gasteiger partial charge in [-0.1, -0.05) is 57.0 Å². The highest BCUT2D eigenvalue weighted by molar-refractivity contribution is 5.94. The van der Waals surface area contributed by atoms with Crippen molar-refractivity contribution in [1.82, 2.24) is 16.0 Å². The van der Waals surface area contributed by atoms with Gasteiger partial charge in [-0.15, -0.1) is 0 Å². The molecule has 0 spiro atoms. The van der Waals surface area contributed by atoms with Crippen molar-refractivity contribution in [3.63, 3.8) is 0 Å². The molecule has 1 aromatic carbocycles. The molecule has 214 valence electrons. The Kier molecular flexibility index (Phi) is 15.9. The summed E-state index contributed by atoms with van der Waals surface area (Å²) in [6.07, 6.45) is 4.12. The topological polar surface area (TPSA) is 203 Å². The summed E-state index contributed by atoms with van der Waals surface area (Å²) in [5, 5.41) is 17.7. The van der Waals surface area contributed by atoms with Gasteiger partial charge in [0.05, 0.1) is 6.04 Å². The molecule has 11 nitrogen and oxygen atoms in total. The third-order valence-electron chi connectivity index (χ3n) is 6.58. The third-order valence-corrected chi connectivity index (χ3v) is 6.58. The van der Waals surface area contributed by atoms with E-state index < -0.39 is 47.9 Å². The standard InChI is InChI=1S/C27H46N6O5/c1-3-18(2)23(27(37)38)33-26(36)22(17-19-11-5-4-6-12-19)32-25(35)21(14-8-10-16-29)31-24(34)20(30)13-7-9-15-28/h4-6,11-12,18,20-23H,3,7-10,13-17,28-30H2,1-2H3,(H,31,34)(H,32,35)(H,33,36)(H,37,38). The molecule has 0 bridgehead atoms. The molecule has 0 aliphatic carbocycles. The van der Waals surface area contributed by atoms with Gasteiger partial charge in [0, 0.05) is 6.42 Å². The lowest BCUT2D eigenvalue weighted by molar-refractivity contribution is -0.143. The fourth-order valence-electron chi connectivity index (χ4n) is 3.95. The number of amides is 3. The van der Waals surface area contributed by atoms with Crippen molar-refractivity contribution in [2.75, 3.05) is 13.1 Å². The largest absolute Gasteiger partial charge is 0.480 e. The smallest absolute Gasteiger partial charge is 0.326 e. The Morgan fingerprint density at radius 2 is 1.37 bits per heavy atom. The maximum atomic E-state index is 13.4. The van der Waals surface area contributed by atoms with E-state index in [0.29, 0.717) is 51.6 Å². The van der Waals surface area contributed by atoms with Gasteiger partial charge in [-0.25, -0.2) is 4.79 Å².